The lowest BCUT2D eigenvalue weighted by Crippen LogP contribution is -2.15. The van der Waals surface area contributed by atoms with Crippen molar-refractivity contribution in [1.29, 1.82) is 0 Å². The molecule has 2 rings (SSSR count). The van der Waals surface area contributed by atoms with E-state index in [1.165, 1.54) is 30.7 Å². The van der Waals surface area contributed by atoms with Crippen molar-refractivity contribution in [2.75, 3.05) is 16.8 Å². The summed E-state index contributed by atoms with van der Waals surface area (Å²) in [5.74, 6) is -0.809. The van der Waals surface area contributed by atoms with Crippen molar-refractivity contribution >= 4 is 29.0 Å². The topological polar surface area (TPSA) is 81.1 Å². The van der Waals surface area contributed by atoms with E-state index in [-0.39, 0.29) is 17.3 Å². The molecule has 1 aromatic carbocycles. The molecule has 0 fully saturated rings. The van der Waals surface area contributed by atoms with Crippen LogP contribution in [-0.2, 0) is 4.79 Å². The van der Waals surface area contributed by atoms with Crippen LogP contribution in [0.25, 0.3) is 0 Å². The van der Waals surface area contributed by atoms with Crippen LogP contribution in [0.4, 0.5) is 15.8 Å². The lowest BCUT2D eigenvalue weighted by molar-refractivity contribution is -0.113. The van der Waals surface area contributed by atoms with Gasteiger partial charge >= 0.3 is 0 Å². The summed E-state index contributed by atoms with van der Waals surface area (Å²) in [4.78, 5) is 15.4. The number of amides is 1. The number of nitrogen functional groups attached to an aromatic ring is 1. The Hall–Kier alpha value is -2.02. The first kappa shape index (κ1) is 12.4. The molecule has 0 unspecified atom stereocenters. The molecule has 0 saturated carbocycles. The standard InChI is InChI=1S/C11H10FN3O2S/c12-8-2-1-7(13)5-9(8)15-10(16)6-18-11-14-3-4-17-11/h1-5H,6,13H2,(H,15,16). The van der Waals surface area contributed by atoms with Gasteiger partial charge in [-0.1, -0.05) is 11.8 Å². The van der Waals surface area contributed by atoms with Crippen LogP contribution in [0.5, 0.6) is 0 Å². The number of aromatic nitrogens is 1. The predicted molar refractivity (Wildman–Crippen MR) is 66.7 cm³/mol. The normalized spacial score (nSPS) is 10.3. The number of carbonyl (C=O) groups is 1. The van der Waals surface area contributed by atoms with Gasteiger partial charge in [-0.05, 0) is 18.2 Å². The zero-order chi connectivity index (χ0) is 13.0. The van der Waals surface area contributed by atoms with E-state index >= 15 is 0 Å². The minimum absolute atomic E-state index is 0.0630. The number of oxazole rings is 1. The van der Waals surface area contributed by atoms with Gasteiger partial charge in [0.2, 0.25) is 5.91 Å². The van der Waals surface area contributed by atoms with Gasteiger partial charge in [0.1, 0.15) is 12.1 Å². The summed E-state index contributed by atoms with van der Waals surface area (Å²) in [7, 11) is 0. The van der Waals surface area contributed by atoms with Crippen molar-refractivity contribution in [2.24, 2.45) is 0 Å². The molecule has 0 bridgehead atoms. The molecule has 1 aromatic heterocycles. The lowest BCUT2D eigenvalue weighted by atomic mass is 10.2. The second kappa shape index (κ2) is 5.54. The maximum atomic E-state index is 13.3. The first-order chi connectivity index (χ1) is 8.65. The van der Waals surface area contributed by atoms with Crippen molar-refractivity contribution < 1.29 is 13.6 Å². The van der Waals surface area contributed by atoms with Crippen LogP contribution in [-0.4, -0.2) is 16.6 Å². The van der Waals surface area contributed by atoms with Gasteiger partial charge in [-0.2, -0.15) is 0 Å². The van der Waals surface area contributed by atoms with E-state index in [4.69, 9.17) is 10.2 Å². The third-order valence-electron chi connectivity index (χ3n) is 2.00. The summed E-state index contributed by atoms with van der Waals surface area (Å²) in [6.45, 7) is 0. The molecule has 0 saturated heterocycles. The second-order valence-corrected chi connectivity index (χ2v) is 4.30. The molecule has 0 radical (unpaired) electrons. The molecule has 1 amide bonds. The van der Waals surface area contributed by atoms with Crippen molar-refractivity contribution in [3.63, 3.8) is 0 Å². The molecule has 0 aliphatic carbocycles. The Morgan fingerprint density at radius 2 is 2.39 bits per heavy atom. The number of hydrogen-bond donors (Lipinski definition) is 2. The molecule has 3 N–H and O–H groups in total. The Morgan fingerprint density at radius 1 is 1.56 bits per heavy atom. The maximum absolute atomic E-state index is 13.3. The van der Waals surface area contributed by atoms with Crippen LogP contribution >= 0.6 is 11.8 Å². The summed E-state index contributed by atoms with van der Waals surface area (Å²) < 4.78 is 18.3. The quantitative estimate of drug-likeness (QED) is 0.655. The van der Waals surface area contributed by atoms with Crippen LogP contribution in [0.15, 0.2) is 40.3 Å². The van der Waals surface area contributed by atoms with Gasteiger partial charge in [0.25, 0.3) is 5.22 Å². The molecule has 0 aliphatic rings. The third kappa shape index (κ3) is 3.24. The van der Waals surface area contributed by atoms with E-state index in [1.807, 2.05) is 0 Å². The van der Waals surface area contributed by atoms with Crippen LogP contribution in [0, 0.1) is 5.82 Å². The van der Waals surface area contributed by atoms with Crippen LogP contribution in [0.3, 0.4) is 0 Å². The number of rotatable bonds is 4. The highest BCUT2D eigenvalue weighted by Gasteiger charge is 2.09. The maximum Gasteiger partial charge on any atom is 0.256 e. The number of hydrogen-bond acceptors (Lipinski definition) is 5. The Balaban J connectivity index is 1.92. The van der Waals surface area contributed by atoms with Crippen LogP contribution in [0.1, 0.15) is 0 Å². The number of halogens is 1. The number of benzene rings is 1. The van der Waals surface area contributed by atoms with E-state index in [0.29, 0.717) is 10.9 Å². The summed E-state index contributed by atoms with van der Waals surface area (Å²) in [6, 6.07) is 3.99. The van der Waals surface area contributed by atoms with Gasteiger partial charge in [0.15, 0.2) is 0 Å². The Kier molecular flexibility index (Phi) is 3.83. The summed E-state index contributed by atoms with van der Waals surface area (Å²) >= 11 is 1.12. The molecule has 0 aliphatic heterocycles. The van der Waals surface area contributed by atoms with E-state index in [9.17, 15) is 9.18 Å². The third-order valence-corrected chi connectivity index (χ3v) is 2.86. The largest absolute Gasteiger partial charge is 0.440 e. The summed E-state index contributed by atoms with van der Waals surface area (Å²) in [5.41, 5.74) is 5.95. The van der Waals surface area contributed by atoms with Gasteiger partial charge in [-0.15, -0.1) is 0 Å². The van der Waals surface area contributed by atoms with Crippen molar-refractivity contribution in [1.82, 2.24) is 4.98 Å². The molecule has 0 spiro atoms. The van der Waals surface area contributed by atoms with Gasteiger partial charge in [0.05, 0.1) is 17.6 Å². The van der Waals surface area contributed by atoms with Gasteiger partial charge in [0, 0.05) is 5.69 Å². The lowest BCUT2D eigenvalue weighted by Gasteiger charge is -2.06. The number of thioether (sulfide) groups is 1. The molecular formula is C11H10FN3O2S. The van der Waals surface area contributed by atoms with E-state index < -0.39 is 5.82 Å². The van der Waals surface area contributed by atoms with Gasteiger partial charge in [-0.3, -0.25) is 4.79 Å². The highest BCUT2D eigenvalue weighted by atomic mass is 32.2. The van der Waals surface area contributed by atoms with Gasteiger partial charge < -0.3 is 15.5 Å². The molecule has 7 heteroatoms. The zero-order valence-electron chi connectivity index (χ0n) is 9.22. The Morgan fingerprint density at radius 3 is 3.11 bits per heavy atom. The van der Waals surface area contributed by atoms with E-state index in [1.54, 1.807) is 0 Å². The average Bonchev–Trinajstić information content (AvgIpc) is 2.84. The van der Waals surface area contributed by atoms with E-state index in [0.717, 1.165) is 11.8 Å². The monoisotopic (exact) mass is 267 g/mol. The smallest absolute Gasteiger partial charge is 0.256 e. The molecule has 2 aromatic rings. The number of nitrogens with one attached hydrogen (secondary N) is 1. The second-order valence-electron chi connectivity index (χ2n) is 3.37. The molecule has 18 heavy (non-hydrogen) atoms. The Labute approximate surface area is 107 Å². The van der Waals surface area contributed by atoms with Crippen LogP contribution in [0.2, 0.25) is 0 Å². The van der Waals surface area contributed by atoms with Crippen LogP contribution < -0.4 is 11.1 Å². The van der Waals surface area contributed by atoms with Crippen molar-refractivity contribution in [3.05, 3.63) is 36.5 Å². The summed E-state index contributed by atoms with van der Waals surface area (Å²) in [6.07, 6.45) is 2.90. The molecule has 94 valence electrons. The Bertz CT molecular complexity index is 545. The molecule has 1 heterocycles. The zero-order valence-corrected chi connectivity index (χ0v) is 10.0. The molecule has 0 atom stereocenters. The highest BCUT2D eigenvalue weighted by molar-refractivity contribution is 7.99. The fraction of sp³-hybridized carbons (Fsp3) is 0.0909. The number of anilines is 2. The summed E-state index contributed by atoms with van der Waals surface area (Å²) in [5, 5.41) is 2.82. The van der Waals surface area contributed by atoms with Crippen molar-refractivity contribution in [3.8, 4) is 0 Å². The van der Waals surface area contributed by atoms with Gasteiger partial charge in [-0.25, -0.2) is 9.37 Å². The predicted octanol–water partition coefficient (Wildman–Crippen LogP) is 2.13. The molecule has 5 nitrogen and oxygen atoms in total. The van der Waals surface area contributed by atoms with Crippen molar-refractivity contribution in [2.45, 2.75) is 5.22 Å². The first-order valence-electron chi connectivity index (χ1n) is 5.02. The number of nitrogens with two attached hydrogens (primary N) is 1. The number of nitrogens with zero attached hydrogens (tertiary/aromatic N) is 1. The fourth-order valence-electron chi connectivity index (χ4n) is 1.23. The number of carbonyl (C=O) groups excluding carboxylic acids is 1. The minimum Gasteiger partial charge on any atom is -0.440 e. The SMILES string of the molecule is Nc1ccc(F)c(NC(=O)CSc2ncco2)c1. The average molecular weight is 267 g/mol. The first-order valence-corrected chi connectivity index (χ1v) is 6.01. The fourth-order valence-corrected chi connectivity index (χ4v) is 1.82. The minimum atomic E-state index is -0.529. The highest BCUT2D eigenvalue weighted by Crippen LogP contribution is 2.19. The van der Waals surface area contributed by atoms with E-state index in [2.05, 4.69) is 10.3 Å². The molecular weight excluding hydrogens is 257 g/mol.